The molecule has 34 heavy (non-hydrogen) atoms. The van der Waals surface area contributed by atoms with Crippen molar-refractivity contribution in [2.45, 2.75) is 18.7 Å². The van der Waals surface area contributed by atoms with Gasteiger partial charge in [-0.1, -0.05) is 22.0 Å². The van der Waals surface area contributed by atoms with Crippen LogP contribution in [0.1, 0.15) is 11.1 Å². The number of methoxy groups -OCH3 is 2. The second-order valence-electron chi connectivity index (χ2n) is 7.55. The summed E-state index contributed by atoms with van der Waals surface area (Å²) in [6.45, 7) is 3.08. The Labute approximate surface area is 206 Å². The third-order valence-electron chi connectivity index (χ3n) is 4.93. The summed E-state index contributed by atoms with van der Waals surface area (Å²) in [4.78, 5) is 12.8. The summed E-state index contributed by atoms with van der Waals surface area (Å²) in [6.07, 6.45) is 0. The fraction of sp³-hybridized carbons (Fsp3) is 0.208. The number of aryl methyl sites for hydroxylation is 2. The number of hydrogen-bond donors (Lipinski definition) is 1. The lowest BCUT2D eigenvalue weighted by Crippen LogP contribution is -2.38. The van der Waals surface area contributed by atoms with Crippen molar-refractivity contribution in [2.24, 2.45) is 0 Å². The van der Waals surface area contributed by atoms with Gasteiger partial charge in [-0.15, -0.1) is 0 Å². The van der Waals surface area contributed by atoms with Gasteiger partial charge in [-0.05, 0) is 67.4 Å². The third kappa shape index (κ3) is 5.68. The zero-order valence-corrected chi connectivity index (χ0v) is 21.5. The molecule has 0 heterocycles. The van der Waals surface area contributed by atoms with Crippen LogP contribution in [0.25, 0.3) is 0 Å². The number of nitrogens with zero attached hydrogens (tertiary/aromatic N) is 1. The Hall–Kier alpha value is -3.11. The lowest BCUT2D eigenvalue weighted by Gasteiger charge is -2.25. The van der Waals surface area contributed by atoms with Crippen molar-refractivity contribution in [3.63, 3.8) is 0 Å². The van der Waals surface area contributed by atoms with Crippen LogP contribution in [0.3, 0.4) is 0 Å². The number of carbonyl (C=O) groups is 1. The molecule has 3 rings (SSSR count). The lowest BCUT2D eigenvalue weighted by atomic mass is 10.1. The first-order valence-corrected chi connectivity index (χ1v) is 12.4. The molecule has 0 aliphatic rings. The van der Waals surface area contributed by atoms with E-state index in [9.17, 15) is 17.6 Å². The summed E-state index contributed by atoms with van der Waals surface area (Å²) < 4.78 is 53.5. The van der Waals surface area contributed by atoms with Crippen LogP contribution in [0.4, 0.5) is 15.8 Å². The maximum atomic E-state index is 14.2. The van der Waals surface area contributed by atoms with E-state index in [4.69, 9.17) is 9.47 Å². The average molecular weight is 551 g/mol. The van der Waals surface area contributed by atoms with E-state index in [-0.39, 0.29) is 16.3 Å². The minimum absolute atomic E-state index is 0.0583. The zero-order valence-electron chi connectivity index (χ0n) is 19.1. The van der Waals surface area contributed by atoms with E-state index in [0.717, 1.165) is 15.4 Å². The molecular weight excluding hydrogens is 527 g/mol. The van der Waals surface area contributed by atoms with Gasteiger partial charge >= 0.3 is 0 Å². The SMILES string of the molecule is COc1ccc(S(=O)(=O)N(CC(=O)Nc2ccc(Br)cc2F)c2cc(C)cc(C)c2)cc1OC. The molecule has 1 amide bonds. The number of carbonyl (C=O) groups excluding carboxylic acids is 1. The molecule has 10 heteroatoms. The van der Waals surface area contributed by atoms with Gasteiger partial charge in [0.1, 0.15) is 12.4 Å². The largest absolute Gasteiger partial charge is 0.493 e. The summed E-state index contributed by atoms with van der Waals surface area (Å²) in [6, 6.07) is 13.6. The van der Waals surface area contributed by atoms with Crippen molar-refractivity contribution in [1.29, 1.82) is 0 Å². The van der Waals surface area contributed by atoms with Crippen LogP contribution in [0, 0.1) is 19.7 Å². The molecule has 7 nitrogen and oxygen atoms in total. The molecule has 3 aromatic carbocycles. The molecule has 0 spiro atoms. The minimum atomic E-state index is -4.21. The predicted molar refractivity (Wildman–Crippen MR) is 133 cm³/mol. The molecule has 180 valence electrons. The second-order valence-corrected chi connectivity index (χ2v) is 10.3. The highest BCUT2D eigenvalue weighted by atomic mass is 79.9. The summed E-state index contributed by atoms with van der Waals surface area (Å²) >= 11 is 3.16. The first kappa shape index (κ1) is 25.5. The highest BCUT2D eigenvalue weighted by molar-refractivity contribution is 9.10. The van der Waals surface area contributed by atoms with Gasteiger partial charge in [0.15, 0.2) is 11.5 Å². The number of sulfonamides is 1. The zero-order chi connectivity index (χ0) is 25.0. The van der Waals surface area contributed by atoms with Gasteiger partial charge in [0.2, 0.25) is 5.91 Å². The van der Waals surface area contributed by atoms with Crippen LogP contribution in [0.15, 0.2) is 64.0 Å². The standard InChI is InChI=1S/C24H24BrFN2O5S/c1-15-9-16(2)11-18(10-15)28(14-24(29)27-21-7-5-17(25)12-20(21)26)34(30,31)19-6-8-22(32-3)23(13-19)33-4/h5-13H,14H2,1-4H3,(H,27,29). The van der Waals surface area contributed by atoms with Gasteiger partial charge in [-0.3, -0.25) is 9.10 Å². The normalized spacial score (nSPS) is 11.1. The van der Waals surface area contributed by atoms with Gasteiger partial charge < -0.3 is 14.8 Å². The van der Waals surface area contributed by atoms with E-state index < -0.39 is 28.3 Å². The van der Waals surface area contributed by atoms with Gasteiger partial charge in [0.25, 0.3) is 10.0 Å². The Kier molecular flexibility index (Phi) is 7.83. The molecule has 0 fully saturated rings. The van der Waals surface area contributed by atoms with Crippen molar-refractivity contribution in [3.8, 4) is 11.5 Å². The molecule has 0 atom stereocenters. The number of anilines is 2. The second kappa shape index (κ2) is 10.4. The highest BCUT2D eigenvalue weighted by Crippen LogP contribution is 2.33. The van der Waals surface area contributed by atoms with Crippen LogP contribution in [0.2, 0.25) is 0 Å². The summed E-state index contributed by atoms with van der Waals surface area (Å²) in [5.74, 6) is -0.763. The number of ether oxygens (including phenoxy) is 2. The van der Waals surface area contributed by atoms with Crippen molar-refractivity contribution in [2.75, 3.05) is 30.4 Å². The van der Waals surface area contributed by atoms with Crippen LogP contribution in [-0.4, -0.2) is 35.1 Å². The molecule has 0 saturated heterocycles. The van der Waals surface area contributed by atoms with E-state index in [1.165, 1.54) is 44.6 Å². The molecule has 0 bridgehead atoms. The summed E-state index contributed by atoms with van der Waals surface area (Å²) in [5, 5.41) is 2.45. The van der Waals surface area contributed by atoms with Crippen LogP contribution < -0.4 is 19.1 Å². The van der Waals surface area contributed by atoms with E-state index in [0.29, 0.717) is 15.9 Å². The van der Waals surface area contributed by atoms with Gasteiger partial charge in [0.05, 0.1) is 30.5 Å². The Morgan fingerprint density at radius 3 is 2.21 bits per heavy atom. The van der Waals surface area contributed by atoms with E-state index in [1.54, 1.807) is 18.2 Å². The van der Waals surface area contributed by atoms with Crippen LogP contribution >= 0.6 is 15.9 Å². The number of hydrogen-bond acceptors (Lipinski definition) is 5. The number of halogens is 2. The van der Waals surface area contributed by atoms with Crippen LogP contribution in [0.5, 0.6) is 11.5 Å². The number of benzene rings is 3. The Balaban J connectivity index is 2.04. The van der Waals surface area contributed by atoms with E-state index >= 15 is 0 Å². The van der Waals surface area contributed by atoms with E-state index in [1.807, 2.05) is 19.9 Å². The van der Waals surface area contributed by atoms with E-state index in [2.05, 4.69) is 21.2 Å². The molecule has 0 radical (unpaired) electrons. The lowest BCUT2D eigenvalue weighted by molar-refractivity contribution is -0.114. The predicted octanol–water partition coefficient (Wildman–Crippen LogP) is 5.06. The summed E-state index contributed by atoms with van der Waals surface area (Å²) in [5.41, 5.74) is 1.89. The Bertz CT molecular complexity index is 1310. The van der Waals surface area contributed by atoms with Crippen molar-refractivity contribution in [3.05, 3.63) is 76.0 Å². The van der Waals surface area contributed by atoms with Crippen molar-refractivity contribution < 1.29 is 27.1 Å². The molecule has 3 aromatic rings. The highest BCUT2D eigenvalue weighted by Gasteiger charge is 2.29. The average Bonchev–Trinajstić information content (AvgIpc) is 2.78. The van der Waals surface area contributed by atoms with Gasteiger partial charge in [-0.2, -0.15) is 0 Å². The number of nitrogens with one attached hydrogen (secondary N) is 1. The Morgan fingerprint density at radius 1 is 0.971 bits per heavy atom. The first-order chi connectivity index (χ1) is 16.0. The maximum Gasteiger partial charge on any atom is 0.264 e. The quantitative estimate of drug-likeness (QED) is 0.424. The molecule has 0 unspecified atom stereocenters. The molecular formula is C24H24BrFN2O5S. The molecule has 0 aliphatic heterocycles. The maximum absolute atomic E-state index is 14.2. The van der Waals surface area contributed by atoms with Crippen molar-refractivity contribution in [1.82, 2.24) is 0 Å². The molecule has 1 N–H and O–H groups in total. The van der Waals surface area contributed by atoms with Crippen molar-refractivity contribution >= 4 is 43.2 Å². The number of amides is 1. The fourth-order valence-corrected chi connectivity index (χ4v) is 5.18. The molecule has 0 aliphatic carbocycles. The summed E-state index contributed by atoms with van der Waals surface area (Å²) in [7, 11) is -1.37. The molecule has 0 saturated carbocycles. The third-order valence-corrected chi connectivity index (χ3v) is 7.19. The number of rotatable bonds is 8. The Morgan fingerprint density at radius 2 is 1.62 bits per heavy atom. The van der Waals surface area contributed by atoms with Crippen LogP contribution in [-0.2, 0) is 14.8 Å². The monoisotopic (exact) mass is 550 g/mol. The fourth-order valence-electron chi connectivity index (χ4n) is 3.42. The molecule has 0 aromatic heterocycles. The topological polar surface area (TPSA) is 84.9 Å². The minimum Gasteiger partial charge on any atom is -0.493 e. The van der Waals surface area contributed by atoms with Gasteiger partial charge in [-0.25, -0.2) is 12.8 Å². The smallest absolute Gasteiger partial charge is 0.264 e. The first-order valence-electron chi connectivity index (χ1n) is 10.1. The van der Waals surface area contributed by atoms with Gasteiger partial charge in [0, 0.05) is 10.5 Å².